The maximum atomic E-state index is 12.8. The summed E-state index contributed by atoms with van der Waals surface area (Å²) < 4.78 is 11.1. The Bertz CT molecular complexity index is 987. The molecule has 6 nitrogen and oxygen atoms in total. The van der Waals surface area contributed by atoms with Gasteiger partial charge in [-0.15, -0.1) is 0 Å². The van der Waals surface area contributed by atoms with Gasteiger partial charge in [0.05, 0.1) is 13.5 Å². The second kappa shape index (κ2) is 6.96. The van der Waals surface area contributed by atoms with Gasteiger partial charge >= 0.3 is 0 Å². The fourth-order valence-corrected chi connectivity index (χ4v) is 3.68. The molecule has 28 heavy (non-hydrogen) atoms. The maximum Gasteiger partial charge on any atom is 0.174 e. The Morgan fingerprint density at radius 1 is 1.14 bits per heavy atom. The van der Waals surface area contributed by atoms with Crippen LogP contribution < -0.4 is 4.74 Å². The molecular formula is C22H20O6. The van der Waals surface area contributed by atoms with Crippen molar-refractivity contribution in [1.82, 2.24) is 0 Å². The first kappa shape index (κ1) is 18.0. The zero-order valence-electron chi connectivity index (χ0n) is 15.3. The van der Waals surface area contributed by atoms with Gasteiger partial charge in [0.25, 0.3) is 0 Å². The Hall–Kier alpha value is -3.41. The number of allylic oxidation sites excluding steroid dienone is 3. The third-order valence-electron chi connectivity index (χ3n) is 5.14. The minimum Gasteiger partial charge on any atom is -0.508 e. The van der Waals surface area contributed by atoms with E-state index in [2.05, 4.69) is 0 Å². The molecule has 4 rings (SSSR count). The van der Waals surface area contributed by atoms with Crippen LogP contribution in [0.25, 0.3) is 0 Å². The Kier molecular flexibility index (Phi) is 4.47. The molecule has 0 aromatic heterocycles. The van der Waals surface area contributed by atoms with Crippen molar-refractivity contribution < 1.29 is 29.6 Å². The first-order valence-electron chi connectivity index (χ1n) is 8.98. The van der Waals surface area contributed by atoms with Gasteiger partial charge in [0, 0.05) is 17.5 Å². The van der Waals surface area contributed by atoms with E-state index in [-0.39, 0.29) is 46.7 Å². The highest BCUT2D eigenvalue weighted by Gasteiger charge is 2.34. The normalized spacial score (nSPS) is 20.9. The predicted molar refractivity (Wildman–Crippen MR) is 102 cm³/mol. The van der Waals surface area contributed by atoms with E-state index in [4.69, 9.17) is 9.47 Å². The molecule has 2 aliphatic rings. The topological polar surface area (TPSA) is 96.2 Å². The first-order valence-corrected chi connectivity index (χ1v) is 8.98. The third-order valence-corrected chi connectivity index (χ3v) is 5.14. The number of phenolic OH excluding ortho intramolecular Hbond substituents is 3. The molecule has 0 bridgehead atoms. The number of ether oxygens (including phenoxy) is 2. The monoisotopic (exact) mass is 380 g/mol. The molecule has 2 aromatic carbocycles. The van der Waals surface area contributed by atoms with Gasteiger partial charge in [0.2, 0.25) is 0 Å². The van der Waals surface area contributed by atoms with Gasteiger partial charge in [-0.1, -0.05) is 18.2 Å². The van der Waals surface area contributed by atoms with Crippen molar-refractivity contribution in [2.75, 3.05) is 7.11 Å². The summed E-state index contributed by atoms with van der Waals surface area (Å²) in [6.45, 7) is 0. The van der Waals surface area contributed by atoms with E-state index < -0.39 is 6.10 Å². The fraction of sp³-hybridized carbons (Fsp3) is 0.227. The van der Waals surface area contributed by atoms with Crippen LogP contribution in [0.15, 0.2) is 54.3 Å². The second-order valence-corrected chi connectivity index (χ2v) is 6.87. The van der Waals surface area contributed by atoms with Gasteiger partial charge in [0.1, 0.15) is 40.4 Å². The lowest BCUT2D eigenvalue weighted by molar-refractivity contribution is 0.0844. The molecule has 144 valence electrons. The number of hydrogen-bond donors (Lipinski definition) is 3. The molecule has 1 aliphatic heterocycles. The average Bonchev–Trinajstić information content (AvgIpc) is 2.68. The van der Waals surface area contributed by atoms with Crippen LogP contribution in [0.3, 0.4) is 0 Å². The number of carbonyl (C=O) groups excluding carboxylic acids is 1. The molecule has 0 spiro atoms. The standard InChI is InChI=1S/C22H20O6/c1-27-15-8-4-13(5-9-15)20-16(24)11-19-21(22(20)26)17(25)10-18(28-19)12-2-6-14(23)7-3-12/h2-4,6-9,11,13,18,23-24,26H,5,10H2,1H3. The molecular weight excluding hydrogens is 360 g/mol. The molecule has 2 unspecified atom stereocenters. The number of carbonyl (C=O) groups is 1. The van der Waals surface area contributed by atoms with Gasteiger partial charge in [-0.2, -0.15) is 0 Å². The molecule has 0 saturated carbocycles. The SMILES string of the molecule is COC1=CCC(c2c(O)cc3c(c2O)C(=O)CC(c2ccc(O)cc2)O3)C=C1. The summed E-state index contributed by atoms with van der Waals surface area (Å²) in [6, 6.07) is 7.79. The van der Waals surface area contributed by atoms with Crippen LogP contribution in [0.2, 0.25) is 0 Å². The Morgan fingerprint density at radius 3 is 2.54 bits per heavy atom. The Morgan fingerprint density at radius 2 is 1.89 bits per heavy atom. The van der Waals surface area contributed by atoms with Crippen LogP contribution >= 0.6 is 0 Å². The maximum absolute atomic E-state index is 12.8. The van der Waals surface area contributed by atoms with Crippen molar-refractivity contribution in [2.24, 2.45) is 0 Å². The van der Waals surface area contributed by atoms with Crippen molar-refractivity contribution in [3.63, 3.8) is 0 Å². The molecule has 2 aromatic rings. The lowest BCUT2D eigenvalue weighted by atomic mass is 9.86. The third kappa shape index (κ3) is 3.07. The molecule has 2 atom stereocenters. The minimum absolute atomic E-state index is 0.0593. The van der Waals surface area contributed by atoms with E-state index in [0.717, 1.165) is 5.56 Å². The van der Waals surface area contributed by atoms with Gasteiger partial charge in [-0.25, -0.2) is 0 Å². The number of fused-ring (bicyclic) bond motifs is 1. The lowest BCUT2D eigenvalue weighted by Crippen LogP contribution is -2.21. The van der Waals surface area contributed by atoms with Crippen LogP contribution in [0.5, 0.6) is 23.0 Å². The van der Waals surface area contributed by atoms with Crippen molar-refractivity contribution >= 4 is 5.78 Å². The zero-order chi connectivity index (χ0) is 19.8. The molecule has 0 saturated heterocycles. The van der Waals surface area contributed by atoms with Gasteiger partial charge < -0.3 is 24.8 Å². The lowest BCUT2D eigenvalue weighted by Gasteiger charge is -2.28. The highest BCUT2D eigenvalue weighted by Crippen LogP contribution is 2.48. The number of Topliss-reactive ketones (excluding diaryl/α,β-unsaturated/α-hetero) is 1. The van der Waals surface area contributed by atoms with Crippen LogP contribution in [-0.2, 0) is 4.74 Å². The first-order chi connectivity index (χ1) is 13.5. The summed E-state index contributed by atoms with van der Waals surface area (Å²) in [6.07, 6.45) is 5.50. The Balaban J connectivity index is 1.69. The summed E-state index contributed by atoms with van der Waals surface area (Å²) in [4.78, 5) is 12.8. The fourth-order valence-electron chi connectivity index (χ4n) is 3.68. The van der Waals surface area contributed by atoms with Gasteiger partial charge in [0.15, 0.2) is 5.78 Å². The van der Waals surface area contributed by atoms with E-state index in [1.165, 1.54) is 18.2 Å². The quantitative estimate of drug-likeness (QED) is 0.742. The van der Waals surface area contributed by atoms with Crippen LogP contribution in [-0.4, -0.2) is 28.2 Å². The predicted octanol–water partition coefficient (Wildman–Crippen LogP) is 4.08. The van der Waals surface area contributed by atoms with Gasteiger partial charge in [-0.3, -0.25) is 4.79 Å². The number of benzene rings is 2. The molecule has 1 heterocycles. The van der Waals surface area contributed by atoms with E-state index >= 15 is 0 Å². The summed E-state index contributed by atoms with van der Waals surface area (Å²) in [5.41, 5.74) is 1.13. The van der Waals surface area contributed by atoms with Crippen LogP contribution in [0.1, 0.15) is 46.3 Å². The molecule has 1 aliphatic carbocycles. The van der Waals surface area contributed by atoms with E-state index in [1.54, 1.807) is 25.3 Å². The highest BCUT2D eigenvalue weighted by molar-refractivity contribution is 6.03. The summed E-state index contributed by atoms with van der Waals surface area (Å²) >= 11 is 0. The van der Waals surface area contributed by atoms with Gasteiger partial charge in [-0.05, 0) is 36.3 Å². The molecule has 3 N–H and O–H groups in total. The number of aromatic hydroxyl groups is 3. The number of hydrogen-bond acceptors (Lipinski definition) is 6. The molecule has 0 amide bonds. The largest absolute Gasteiger partial charge is 0.508 e. The summed E-state index contributed by atoms with van der Waals surface area (Å²) in [5.74, 6) is 0.0907. The second-order valence-electron chi connectivity index (χ2n) is 6.87. The zero-order valence-corrected chi connectivity index (χ0v) is 15.3. The van der Waals surface area contributed by atoms with Crippen molar-refractivity contribution in [3.8, 4) is 23.0 Å². The minimum atomic E-state index is -0.549. The molecule has 0 radical (unpaired) electrons. The number of methoxy groups -OCH3 is 1. The summed E-state index contributed by atoms with van der Waals surface area (Å²) in [7, 11) is 1.57. The number of phenols is 3. The van der Waals surface area contributed by atoms with Crippen LogP contribution in [0.4, 0.5) is 0 Å². The Labute approximate surface area is 162 Å². The van der Waals surface area contributed by atoms with E-state index in [0.29, 0.717) is 17.7 Å². The van der Waals surface area contributed by atoms with E-state index in [1.807, 2.05) is 12.2 Å². The molecule has 6 heteroatoms. The van der Waals surface area contributed by atoms with Crippen molar-refractivity contribution in [3.05, 3.63) is 71.0 Å². The number of ketones is 1. The number of rotatable bonds is 3. The van der Waals surface area contributed by atoms with Crippen LogP contribution in [0, 0.1) is 0 Å². The average molecular weight is 380 g/mol. The van der Waals surface area contributed by atoms with Crippen molar-refractivity contribution in [2.45, 2.75) is 24.9 Å². The smallest absolute Gasteiger partial charge is 0.174 e. The van der Waals surface area contributed by atoms with E-state index in [9.17, 15) is 20.1 Å². The summed E-state index contributed by atoms with van der Waals surface area (Å²) in [5, 5.41) is 30.7. The highest BCUT2D eigenvalue weighted by atomic mass is 16.5. The molecule has 0 fully saturated rings. The van der Waals surface area contributed by atoms with Crippen molar-refractivity contribution in [1.29, 1.82) is 0 Å².